The first kappa shape index (κ1) is 20.3. The lowest BCUT2D eigenvalue weighted by Gasteiger charge is -2.10. The Hall–Kier alpha value is -2.45. The number of nitrogens with one attached hydrogen (secondary N) is 1. The second-order valence-corrected chi connectivity index (χ2v) is 8.34. The Bertz CT molecular complexity index is 937. The molecule has 1 N–H and O–H groups in total. The fraction of sp³-hybridized carbons (Fsp3) is 0.300. The molecule has 0 aliphatic heterocycles. The Balaban J connectivity index is 1.62. The maximum Gasteiger partial charge on any atom is 0.239 e. The first-order valence-electron chi connectivity index (χ1n) is 8.93. The monoisotopic (exact) mass is 414 g/mol. The molecule has 28 heavy (non-hydrogen) atoms. The van der Waals surface area contributed by atoms with Crippen molar-refractivity contribution in [1.82, 2.24) is 15.0 Å². The van der Waals surface area contributed by atoms with Crippen LogP contribution in [0.2, 0.25) is 0 Å². The van der Waals surface area contributed by atoms with Crippen LogP contribution in [0.5, 0.6) is 5.75 Å². The minimum absolute atomic E-state index is 0.125. The molecule has 1 aromatic carbocycles. The van der Waals surface area contributed by atoms with Crippen LogP contribution in [0.1, 0.15) is 25.2 Å². The number of thioether (sulfide) groups is 1. The topological polar surface area (TPSA) is 77.0 Å². The first-order chi connectivity index (χ1) is 13.4. The molecule has 6 nitrogen and oxygen atoms in total. The summed E-state index contributed by atoms with van der Waals surface area (Å²) in [6.45, 7) is 8.26. The molecular formula is C20H22N4O2S2. The summed E-state index contributed by atoms with van der Waals surface area (Å²) in [6, 6.07) is 9.66. The summed E-state index contributed by atoms with van der Waals surface area (Å²) < 4.78 is 5.46. The normalized spacial score (nSPS) is 11.9. The van der Waals surface area contributed by atoms with Crippen LogP contribution >= 0.6 is 23.1 Å². The van der Waals surface area contributed by atoms with E-state index in [4.69, 9.17) is 4.74 Å². The Morgan fingerprint density at radius 2 is 1.86 bits per heavy atom. The SMILES string of the molecule is CCOc1ccc(-c2csc(NC(=O)C(C)Sc3nc(C)cc(C)n3)n2)cc1. The van der Waals surface area contributed by atoms with Crippen molar-refractivity contribution in [2.24, 2.45) is 0 Å². The molecular weight excluding hydrogens is 392 g/mol. The molecule has 0 bridgehead atoms. The van der Waals surface area contributed by atoms with Gasteiger partial charge in [0, 0.05) is 22.3 Å². The van der Waals surface area contributed by atoms with Crippen molar-refractivity contribution in [3.05, 3.63) is 47.1 Å². The van der Waals surface area contributed by atoms with E-state index in [1.165, 1.54) is 23.1 Å². The number of thiazole rings is 1. The number of carbonyl (C=O) groups is 1. The summed E-state index contributed by atoms with van der Waals surface area (Å²) in [5.74, 6) is 0.704. The molecule has 3 aromatic rings. The van der Waals surface area contributed by atoms with Crippen LogP contribution in [0.4, 0.5) is 5.13 Å². The van der Waals surface area contributed by atoms with E-state index in [0.717, 1.165) is 28.4 Å². The van der Waals surface area contributed by atoms with E-state index in [2.05, 4.69) is 20.3 Å². The molecule has 0 spiro atoms. The molecule has 2 heterocycles. The van der Waals surface area contributed by atoms with Gasteiger partial charge in [-0.1, -0.05) is 11.8 Å². The third-order valence-electron chi connectivity index (χ3n) is 3.81. The number of aromatic nitrogens is 3. The fourth-order valence-electron chi connectivity index (χ4n) is 2.52. The predicted octanol–water partition coefficient (Wildman–Crippen LogP) is 4.73. The van der Waals surface area contributed by atoms with Crippen LogP contribution in [0.3, 0.4) is 0 Å². The minimum atomic E-state index is -0.334. The zero-order valence-electron chi connectivity index (χ0n) is 16.2. The molecule has 2 aromatic heterocycles. The van der Waals surface area contributed by atoms with Gasteiger partial charge < -0.3 is 10.1 Å². The van der Waals surface area contributed by atoms with Gasteiger partial charge in [0.15, 0.2) is 10.3 Å². The van der Waals surface area contributed by atoms with Crippen molar-refractivity contribution in [3.63, 3.8) is 0 Å². The molecule has 146 valence electrons. The lowest BCUT2D eigenvalue weighted by atomic mass is 10.2. The van der Waals surface area contributed by atoms with E-state index in [0.29, 0.717) is 16.9 Å². The van der Waals surface area contributed by atoms with Crippen molar-refractivity contribution >= 4 is 34.1 Å². The Morgan fingerprint density at radius 1 is 1.18 bits per heavy atom. The lowest BCUT2D eigenvalue weighted by molar-refractivity contribution is -0.115. The molecule has 1 amide bonds. The third-order valence-corrected chi connectivity index (χ3v) is 5.53. The zero-order chi connectivity index (χ0) is 20.1. The molecule has 0 saturated heterocycles. The van der Waals surface area contributed by atoms with Crippen molar-refractivity contribution in [1.29, 1.82) is 0 Å². The van der Waals surface area contributed by atoms with Gasteiger partial charge in [0.1, 0.15) is 5.75 Å². The van der Waals surface area contributed by atoms with Gasteiger partial charge in [0.25, 0.3) is 0 Å². The summed E-state index contributed by atoms with van der Waals surface area (Å²) in [6.07, 6.45) is 0. The van der Waals surface area contributed by atoms with Crippen LogP contribution in [-0.4, -0.2) is 32.7 Å². The number of hydrogen-bond acceptors (Lipinski definition) is 7. The average Bonchev–Trinajstić information content (AvgIpc) is 3.10. The molecule has 0 saturated carbocycles. The highest BCUT2D eigenvalue weighted by Crippen LogP contribution is 2.27. The van der Waals surface area contributed by atoms with E-state index in [-0.39, 0.29) is 11.2 Å². The largest absolute Gasteiger partial charge is 0.494 e. The highest BCUT2D eigenvalue weighted by atomic mass is 32.2. The summed E-state index contributed by atoms with van der Waals surface area (Å²) in [4.78, 5) is 25.8. The molecule has 0 fully saturated rings. The second-order valence-electron chi connectivity index (χ2n) is 6.18. The molecule has 8 heteroatoms. The van der Waals surface area contributed by atoms with Gasteiger partial charge in [0.2, 0.25) is 5.91 Å². The lowest BCUT2D eigenvalue weighted by Crippen LogP contribution is -2.22. The van der Waals surface area contributed by atoms with Crippen molar-refractivity contribution in [2.75, 3.05) is 11.9 Å². The van der Waals surface area contributed by atoms with Crippen LogP contribution < -0.4 is 10.1 Å². The fourth-order valence-corrected chi connectivity index (χ4v) is 4.12. The molecule has 1 unspecified atom stereocenters. The third kappa shape index (κ3) is 5.30. The summed E-state index contributed by atoms with van der Waals surface area (Å²) in [7, 11) is 0. The highest BCUT2D eigenvalue weighted by Gasteiger charge is 2.18. The average molecular weight is 415 g/mol. The zero-order valence-corrected chi connectivity index (χ0v) is 17.9. The quantitative estimate of drug-likeness (QED) is 0.445. The number of hydrogen-bond donors (Lipinski definition) is 1. The van der Waals surface area contributed by atoms with Gasteiger partial charge in [-0.3, -0.25) is 4.79 Å². The first-order valence-corrected chi connectivity index (χ1v) is 10.7. The van der Waals surface area contributed by atoms with Crippen molar-refractivity contribution in [2.45, 2.75) is 38.1 Å². The molecule has 0 radical (unpaired) electrons. The van der Waals surface area contributed by atoms with E-state index < -0.39 is 0 Å². The Kier molecular flexibility index (Phi) is 6.64. The van der Waals surface area contributed by atoms with Crippen LogP contribution in [0, 0.1) is 13.8 Å². The summed E-state index contributed by atoms with van der Waals surface area (Å²) in [5.41, 5.74) is 3.58. The predicted molar refractivity (Wildman–Crippen MR) is 114 cm³/mol. The number of anilines is 1. The number of nitrogens with zero attached hydrogens (tertiary/aromatic N) is 3. The van der Waals surface area contributed by atoms with Gasteiger partial charge in [-0.25, -0.2) is 15.0 Å². The number of amides is 1. The maximum atomic E-state index is 12.5. The summed E-state index contributed by atoms with van der Waals surface area (Å²) in [5, 5.41) is 5.65. The van der Waals surface area contributed by atoms with Crippen LogP contribution in [0.25, 0.3) is 11.3 Å². The highest BCUT2D eigenvalue weighted by molar-refractivity contribution is 8.00. The second kappa shape index (κ2) is 9.16. The molecule has 0 aliphatic carbocycles. The number of rotatable bonds is 7. The van der Waals surface area contributed by atoms with E-state index in [1.54, 1.807) is 0 Å². The maximum absolute atomic E-state index is 12.5. The Labute approximate surface area is 172 Å². The molecule has 1 atom stereocenters. The number of carbonyl (C=O) groups excluding carboxylic acids is 1. The van der Waals surface area contributed by atoms with Gasteiger partial charge in [-0.05, 0) is 58.0 Å². The van der Waals surface area contributed by atoms with Crippen LogP contribution in [0.15, 0.2) is 40.9 Å². The van der Waals surface area contributed by atoms with Gasteiger partial charge >= 0.3 is 0 Å². The van der Waals surface area contributed by atoms with Gasteiger partial charge in [-0.15, -0.1) is 11.3 Å². The number of benzene rings is 1. The van der Waals surface area contributed by atoms with Gasteiger partial charge in [0.05, 0.1) is 17.6 Å². The molecule has 0 aliphatic rings. The number of aryl methyl sites for hydroxylation is 2. The minimum Gasteiger partial charge on any atom is -0.494 e. The van der Waals surface area contributed by atoms with E-state index in [1.807, 2.05) is 63.4 Å². The molecule has 3 rings (SSSR count). The standard InChI is InChI=1S/C20H22N4O2S2/c1-5-26-16-8-6-15(7-9-16)17-11-27-19(23-17)24-18(25)14(4)28-20-21-12(2)10-13(3)22-20/h6-11,14H,5H2,1-4H3,(H,23,24,25). The Morgan fingerprint density at radius 3 is 2.50 bits per heavy atom. The smallest absolute Gasteiger partial charge is 0.239 e. The van der Waals surface area contributed by atoms with Crippen molar-refractivity contribution in [3.8, 4) is 17.0 Å². The summed E-state index contributed by atoms with van der Waals surface area (Å²) >= 11 is 2.74. The number of ether oxygens (including phenoxy) is 1. The van der Waals surface area contributed by atoms with E-state index >= 15 is 0 Å². The van der Waals surface area contributed by atoms with Crippen LogP contribution in [-0.2, 0) is 4.79 Å². The van der Waals surface area contributed by atoms with Gasteiger partial charge in [-0.2, -0.15) is 0 Å². The van der Waals surface area contributed by atoms with E-state index in [9.17, 15) is 4.79 Å². The van der Waals surface area contributed by atoms with Crippen molar-refractivity contribution < 1.29 is 9.53 Å².